The van der Waals surface area contributed by atoms with E-state index in [2.05, 4.69) is 53.1 Å². The van der Waals surface area contributed by atoms with Crippen LogP contribution in [-0.4, -0.2) is 58.5 Å². The van der Waals surface area contributed by atoms with Crippen LogP contribution in [0.5, 0.6) is 0 Å². The van der Waals surface area contributed by atoms with Crippen LogP contribution in [-0.2, 0) is 18.2 Å². The van der Waals surface area contributed by atoms with Gasteiger partial charge >= 0.3 is 6.09 Å². The molecule has 8 heteroatoms. The number of hydrogen-bond donors (Lipinski definition) is 2. The van der Waals surface area contributed by atoms with E-state index in [4.69, 9.17) is 10.5 Å². The number of imidazole rings is 1. The molecule has 1 aromatic carbocycles. The van der Waals surface area contributed by atoms with E-state index in [1.165, 1.54) is 16.7 Å². The lowest BCUT2D eigenvalue weighted by atomic mass is 9.91. The molecule has 1 amide bonds. The topological polar surface area (TPSA) is 97.8 Å². The molecular weight excluding hydrogens is 464 g/mol. The third kappa shape index (κ3) is 7.50. The standard InChI is InChI=1S/C21H24N4.C8H16N2O2/c1-5-8-24-19-11-16-7-6-14(2)9-17(16)18(10-15(19)3)21(22)20-12-23-13-25(20)4;1-7(2)12-8(11)10-5-3-9-4-6-10/h5-10,12-13,21H,3,11,22H2,1-2,4H3;7,9H,3-6H2,1-2H3/b8-5-,24-19?;. The third-order valence-electron chi connectivity index (χ3n) is 6.23. The van der Waals surface area contributed by atoms with Gasteiger partial charge in [-0.05, 0) is 56.0 Å². The van der Waals surface area contributed by atoms with Crippen molar-refractivity contribution in [1.82, 2.24) is 19.8 Å². The summed E-state index contributed by atoms with van der Waals surface area (Å²) in [4.78, 5) is 21.8. The van der Waals surface area contributed by atoms with Crippen molar-refractivity contribution < 1.29 is 9.53 Å². The molecule has 3 N–H and O–H groups in total. The number of hydrogen-bond acceptors (Lipinski definition) is 6. The van der Waals surface area contributed by atoms with Gasteiger partial charge in [0.2, 0.25) is 0 Å². The number of aliphatic imine (C=N–C) groups is 1. The molecule has 0 bridgehead atoms. The highest BCUT2D eigenvalue weighted by molar-refractivity contribution is 6.07. The summed E-state index contributed by atoms with van der Waals surface area (Å²) in [6.45, 7) is 15.3. The van der Waals surface area contributed by atoms with E-state index in [0.717, 1.165) is 55.2 Å². The Bertz CT molecular complexity index is 1180. The average Bonchev–Trinajstić information content (AvgIpc) is 3.25. The largest absolute Gasteiger partial charge is 0.447 e. The highest BCUT2D eigenvalue weighted by atomic mass is 16.6. The Morgan fingerprint density at radius 2 is 2.03 bits per heavy atom. The van der Waals surface area contributed by atoms with Gasteiger partial charge in [0.15, 0.2) is 0 Å². The first-order chi connectivity index (χ1) is 17.7. The molecule has 1 saturated heterocycles. The SMILES string of the molecule is C=C1C=C(C(N)c2cncn2C)c2cc(C)ccc2CC1=N/C=C\C.CC(C)OC(=O)N1CCNCC1. The zero-order valence-corrected chi connectivity index (χ0v) is 22.7. The second kappa shape index (κ2) is 13.2. The summed E-state index contributed by atoms with van der Waals surface area (Å²) in [5, 5.41) is 3.17. The van der Waals surface area contributed by atoms with E-state index >= 15 is 0 Å². The van der Waals surface area contributed by atoms with E-state index in [0.29, 0.717) is 0 Å². The number of carbonyl (C=O) groups is 1. The maximum atomic E-state index is 11.3. The van der Waals surface area contributed by atoms with Crippen molar-refractivity contribution in [1.29, 1.82) is 0 Å². The highest BCUT2D eigenvalue weighted by Gasteiger charge is 2.23. The number of nitrogens with zero attached hydrogens (tertiary/aromatic N) is 4. The molecule has 1 aliphatic heterocycles. The Hall–Kier alpha value is -3.49. The number of ether oxygens (including phenoxy) is 1. The fourth-order valence-corrected chi connectivity index (χ4v) is 4.26. The molecule has 4 rings (SSSR count). The zero-order chi connectivity index (χ0) is 26.9. The van der Waals surface area contributed by atoms with E-state index in [1.807, 2.05) is 50.9 Å². The number of piperazine rings is 1. The number of fused-ring (bicyclic) bond motifs is 1. The van der Waals surface area contributed by atoms with Crippen molar-refractivity contribution in [2.45, 2.75) is 46.3 Å². The normalized spacial score (nSPS) is 17.7. The number of nitrogens with two attached hydrogens (primary N) is 1. The number of aromatic nitrogens is 2. The van der Waals surface area contributed by atoms with E-state index in [1.54, 1.807) is 11.2 Å². The fourth-order valence-electron chi connectivity index (χ4n) is 4.26. The molecule has 1 aliphatic carbocycles. The Morgan fingerprint density at radius 1 is 1.30 bits per heavy atom. The molecule has 0 saturated carbocycles. The minimum Gasteiger partial charge on any atom is -0.447 e. The number of carbonyl (C=O) groups excluding carboxylic acids is 1. The van der Waals surface area contributed by atoms with Crippen LogP contribution in [0.2, 0.25) is 0 Å². The number of amides is 1. The van der Waals surface area contributed by atoms with Crippen molar-refractivity contribution >= 4 is 17.4 Å². The Labute approximate surface area is 220 Å². The lowest BCUT2D eigenvalue weighted by Gasteiger charge is -2.27. The quantitative estimate of drug-likeness (QED) is 0.646. The fraction of sp³-hybridized carbons (Fsp3) is 0.414. The van der Waals surface area contributed by atoms with Gasteiger partial charge in [-0.15, -0.1) is 0 Å². The van der Waals surface area contributed by atoms with Crippen molar-refractivity contribution in [3.63, 3.8) is 0 Å². The van der Waals surface area contributed by atoms with Gasteiger partial charge < -0.3 is 25.3 Å². The number of rotatable bonds is 4. The molecule has 2 aliphatic rings. The van der Waals surface area contributed by atoms with E-state index in [-0.39, 0.29) is 18.2 Å². The summed E-state index contributed by atoms with van der Waals surface area (Å²) in [5.41, 5.74) is 14.1. The molecule has 1 fully saturated rings. The van der Waals surface area contributed by atoms with Crippen LogP contribution >= 0.6 is 0 Å². The zero-order valence-electron chi connectivity index (χ0n) is 22.7. The first kappa shape index (κ1) is 28.1. The highest BCUT2D eigenvalue weighted by Crippen LogP contribution is 2.34. The molecule has 0 spiro atoms. The maximum absolute atomic E-state index is 11.3. The van der Waals surface area contributed by atoms with Gasteiger partial charge in [-0.25, -0.2) is 9.78 Å². The lowest BCUT2D eigenvalue weighted by molar-refractivity contribution is 0.0732. The summed E-state index contributed by atoms with van der Waals surface area (Å²) < 4.78 is 7.01. The Morgan fingerprint density at radius 3 is 2.65 bits per heavy atom. The summed E-state index contributed by atoms with van der Waals surface area (Å²) in [5.74, 6) is 0. The smallest absolute Gasteiger partial charge is 0.410 e. The van der Waals surface area contributed by atoms with Gasteiger partial charge in [0.05, 0.1) is 36.1 Å². The van der Waals surface area contributed by atoms with Gasteiger partial charge in [0.1, 0.15) is 0 Å². The summed E-state index contributed by atoms with van der Waals surface area (Å²) in [6, 6.07) is 6.22. The average molecular weight is 505 g/mol. The predicted octanol–water partition coefficient (Wildman–Crippen LogP) is 4.34. The minimum atomic E-state index is -0.272. The summed E-state index contributed by atoms with van der Waals surface area (Å²) in [7, 11) is 1.96. The molecule has 2 aromatic rings. The second-order valence-corrected chi connectivity index (χ2v) is 9.60. The van der Waals surface area contributed by atoms with Crippen LogP contribution in [0.25, 0.3) is 5.57 Å². The molecule has 198 valence electrons. The third-order valence-corrected chi connectivity index (χ3v) is 6.23. The molecule has 37 heavy (non-hydrogen) atoms. The summed E-state index contributed by atoms with van der Waals surface area (Å²) >= 11 is 0. The van der Waals surface area contributed by atoms with Gasteiger partial charge in [-0.2, -0.15) is 0 Å². The second-order valence-electron chi connectivity index (χ2n) is 9.60. The molecule has 1 atom stereocenters. The van der Waals surface area contributed by atoms with Gasteiger partial charge in [0, 0.05) is 45.8 Å². The van der Waals surface area contributed by atoms with Crippen molar-refractivity contribution in [3.8, 4) is 0 Å². The lowest BCUT2D eigenvalue weighted by Crippen LogP contribution is -2.47. The van der Waals surface area contributed by atoms with Crippen molar-refractivity contribution in [3.05, 3.63) is 83.6 Å². The van der Waals surface area contributed by atoms with Crippen LogP contribution in [0.4, 0.5) is 4.79 Å². The van der Waals surface area contributed by atoms with Crippen molar-refractivity contribution in [2.24, 2.45) is 17.8 Å². The molecule has 1 unspecified atom stereocenters. The number of benzene rings is 1. The van der Waals surface area contributed by atoms with E-state index in [9.17, 15) is 4.79 Å². The number of allylic oxidation sites excluding steroid dienone is 3. The van der Waals surface area contributed by atoms with Crippen molar-refractivity contribution in [2.75, 3.05) is 26.2 Å². The molecular formula is C29H40N6O2. The molecule has 0 radical (unpaired) electrons. The Kier molecular flexibility index (Phi) is 10.00. The maximum Gasteiger partial charge on any atom is 0.410 e. The molecule has 8 nitrogen and oxygen atoms in total. The Balaban J connectivity index is 0.000000266. The predicted molar refractivity (Wildman–Crippen MR) is 150 cm³/mol. The van der Waals surface area contributed by atoms with Crippen LogP contribution in [0.1, 0.15) is 49.2 Å². The molecule has 2 heterocycles. The van der Waals surface area contributed by atoms with Gasteiger partial charge in [-0.3, -0.25) is 4.99 Å². The van der Waals surface area contributed by atoms with Crippen LogP contribution in [0.3, 0.4) is 0 Å². The first-order valence-electron chi connectivity index (χ1n) is 12.8. The summed E-state index contributed by atoms with van der Waals surface area (Å²) in [6.07, 6.45) is 9.95. The van der Waals surface area contributed by atoms with Crippen LogP contribution < -0.4 is 11.1 Å². The number of nitrogens with one attached hydrogen (secondary N) is 1. The van der Waals surface area contributed by atoms with E-state index < -0.39 is 0 Å². The van der Waals surface area contributed by atoms with Crippen LogP contribution in [0, 0.1) is 6.92 Å². The van der Waals surface area contributed by atoms with Crippen LogP contribution in [0.15, 0.2) is 66.2 Å². The first-order valence-corrected chi connectivity index (χ1v) is 12.8. The number of aryl methyl sites for hydroxylation is 2. The molecule has 1 aromatic heterocycles. The monoisotopic (exact) mass is 504 g/mol. The van der Waals surface area contributed by atoms with Gasteiger partial charge in [0.25, 0.3) is 0 Å². The minimum absolute atomic E-state index is 0.0209. The van der Waals surface area contributed by atoms with Gasteiger partial charge in [-0.1, -0.05) is 36.4 Å².